The number of nitrogens with one attached hydrogen (secondary N) is 1. The predicted molar refractivity (Wildman–Crippen MR) is 125 cm³/mol. The lowest BCUT2D eigenvalue weighted by molar-refractivity contribution is -0.119. The molecule has 3 rings (SSSR count). The summed E-state index contributed by atoms with van der Waals surface area (Å²) in [5.41, 5.74) is 1.68. The molecule has 0 spiro atoms. The molecule has 5 nitrogen and oxygen atoms in total. The van der Waals surface area contributed by atoms with Crippen LogP contribution in [-0.4, -0.2) is 27.4 Å². The van der Waals surface area contributed by atoms with Gasteiger partial charge in [0.25, 0.3) is 10.0 Å². The van der Waals surface area contributed by atoms with Crippen molar-refractivity contribution < 1.29 is 17.6 Å². The molecule has 0 aliphatic heterocycles. The van der Waals surface area contributed by atoms with Crippen molar-refractivity contribution in [1.82, 2.24) is 5.32 Å². The Morgan fingerprint density at radius 2 is 1.66 bits per heavy atom. The number of hydrogen-bond donors (Lipinski definition) is 1. The van der Waals surface area contributed by atoms with Gasteiger partial charge in [0, 0.05) is 11.6 Å². The summed E-state index contributed by atoms with van der Waals surface area (Å²) in [4.78, 5) is 12.6. The Hall–Kier alpha value is -2.90. The quantitative estimate of drug-likeness (QED) is 0.456. The van der Waals surface area contributed by atoms with Crippen LogP contribution in [0.5, 0.6) is 0 Å². The Balaban J connectivity index is 1.73. The summed E-state index contributed by atoms with van der Waals surface area (Å²) in [7, 11) is -4.15. The second-order valence-corrected chi connectivity index (χ2v) is 9.59. The molecule has 0 aliphatic rings. The van der Waals surface area contributed by atoms with E-state index in [9.17, 15) is 17.6 Å². The van der Waals surface area contributed by atoms with Gasteiger partial charge in [0.15, 0.2) is 0 Å². The molecule has 0 saturated carbocycles. The fraction of sp³-hybridized carbons (Fsp3) is 0.208. The third-order valence-corrected chi connectivity index (χ3v) is 7.06. The highest BCUT2D eigenvalue weighted by atomic mass is 35.5. The Kier molecular flexibility index (Phi) is 7.88. The Bertz CT molecular complexity index is 1180. The van der Waals surface area contributed by atoms with Gasteiger partial charge in [-0.25, -0.2) is 12.8 Å². The van der Waals surface area contributed by atoms with Gasteiger partial charge in [-0.2, -0.15) is 0 Å². The first-order valence-electron chi connectivity index (χ1n) is 10.1. The molecule has 0 bridgehead atoms. The van der Waals surface area contributed by atoms with E-state index >= 15 is 0 Å². The summed E-state index contributed by atoms with van der Waals surface area (Å²) >= 11 is 6.14. The van der Waals surface area contributed by atoms with Gasteiger partial charge in [0.1, 0.15) is 12.4 Å². The molecule has 0 atom stereocenters. The first-order chi connectivity index (χ1) is 15.3. The highest BCUT2D eigenvalue weighted by Gasteiger charge is 2.29. The monoisotopic (exact) mass is 474 g/mol. The summed E-state index contributed by atoms with van der Waals surface area (Å²) in [5, 5.41) is 3.38. The van der Waals surface area contributed by atoms with E-state index in [4.69, 9.17) is 11.6 Å². The number of nitrogens with zero attached hydrogens (tertiary/aromatic N) is 1. The number of benzene rings is 3. The molecule has 1 N–H and O–H groups in total. The van der Waals surface area contributed by atoms with Crippen molar-refractivity contribution in [1.29, 1.82) is 0 Å². The van der Waals surface area contributed by atoms with Crippen LogP contribution in [0.2, 0.25) is 5.02 Å². The molecule has 3 aromatic carbocycles. The Morgan fingerprint density at radius 1 is 1.00 bits per heavy atom. The van der Waals surface area contributed by atoms with E-state index in [0.717, 1.165) is 21.5 Å². The molecular formula is C24H24ClFN2O3S. The average Bonchev–Trinajstić information content (AvgIpc) is 2.77. The first kappa shape index (κ1) is 23.8. The summed E-state index contributed by atoms with van der Waals surface area (Å²) in [6.45, 7) is 1.63. The highest BCUT2D eigenvalue weighted by molar-refractivity contribution is 7.92. The normalized spacial score (nSPS) is 11.2. The van der Waals surface area contributed by atoms with Crippen LogP contribution in [0.25, 0.3) is 0 Å². The van der Waals surface area contributed by atoms with E-state index in [0.29, 0.717) is 24.4 Å². The fourth-order valence-corrected chi connectivity index (χ4v) is 4.84. The zero-order valence-electron chi connectivity index (χ0n) is 17.6. The average molecular weight is 475 g/mol. The summed E-state index contributed by atoms with van der Waals surface area (Å²) in [6, 6.07) is 19.1. The lowest BCUT2D eigenvalue weighted by Crippen LogP contribution is -2.41. The number of carbonyl (C=O) groups excluding carboxylic acids is 1. The maximum Gasteiger partial charge on any atom is 0.264 e. The van der Waals surface area contributed by atoms with Gasteiger partial charge in [0.2, 0.25) is 5.91 Å². The predicted octanol–water partition coefficient (Wildman–Crippen LogP) is 4.73. The minimum absolute atomic E-state index is 0.0159. The second kappa shape index (κ2) is 10.6. The van der Waals surface area contributed by atoms with E-state index < -0.39 is 28.3 Å². The largest absolute Gasteiger partial charge is 0.355 e. The molecule has 32 heavy (non-hydrogen) atoms. The van der Waals surface area contributed by atoms with Gasteiger partial charge in [-0.3, -0.25) is 9.10 Å². The number of aryl methyl sites for hydroxylation is 2. The number of carbonyl (C=O) groups is 1. The van der Waals surface area contributed by atoms with Crippen molar-refractivity contribution in [2.24, 2.45) is 0 Å². The number of halogens is 2. The Labute approximate surface area is 192 Å². The van der Waals surface area contributed by atoms with Crippen LogP contribution in [0.3, 0.4) is 0 Å². The Morgan fingerprint density at radius 3 is 2.34 bits per heavy atom. The van der Waals surface area contributed by atoms with E-state index in [1.54, 1.807) is 18.2 Å². The van der Waals surface area contributed by atoms with Crippen molar-refractivity contribution >= 4 is 33.2 Å². The summed E-state index contributed by atoms with van der Waals surface area (Å²) < 4.78 is 41.8. The third-order valence-electron chi connectivity index (χ3n) is 4.92. The van der Waals surface area contributed by atoms with E-state index in [1.165, 1.54) is 30.3 Å². The number of rotatable bonds is 9. The molecule has 8 heteroatoms. The topological polar surface area (TPSA) is 66.5 Å². The lowest BCUT2D eigenvalue weighted by Gasteiger charge is -2.24. The van der Waals surface area contributed by atoms with Gasteiger partial charge < -0.3 is 5.32 Å². The molecule has 168 valence electrons. The van der Waals surface area contributed by atoms with Gasteiger partial charge in [-0.1, -0.05) is 59.6 Å². The zero-order chi connectivity index (χ0) is 23.1. The number of anilines is 1. The van der Waals surface area contributed by atoms with Crippen molar-refractivity contribution in [3.05, 3.63) is 94.8 Å². The van der Waals surface area contributed by atoms with E-state index in [2.05, 4.69) is 5.32 Å². The van der Waals surface area contributed by atoms with Crippen LogP contribution < -0.4 is 9.62 Å². The maximum atomic E-state index is 14.5. The van der Waals surface area contributed by atoms with Crippen LogP contribution in [0.1, 0.15) is 17.5 Å². The fourth-order valence-electron chi connectivity index (χ4n) is 3.19. The number of para-hydroxylation sites is 1. The van der Waals surface area contributed by atoms with Gasteiger partial charge >= 0.3 is 0 Å². The molecule has 0 radical (unpaired) electrons. The van der Waals surface area contributed by atoms with Gasteiger partial charge in [0.05, 0.1) is 10.6 Å². The number of hydrogen-bond acceptors (Lipinski definition) is 3. The lowest BCUT2D eigenvalue weighted by atomic mass is 10.1. The van der Waals surface area contributed by atoms with Crippen LogP contribution in [0, 0.1) is 12.7 Å². The van der Waals surface area contributed by atoms with Crippen molar-refractivity contribution in [3.8, 4) is 0 Å². The molecule has 0 unspecified atom stereocenters. The zero-order valence-corrected chi connectivity index (χ0v) is 19.2. The second-order valence-electron chi connectivity index (χ2n) is 7.32. The number of amides is 1. The number of sulfonamides is 1. The summed E-state index contributed by atoms with van der Waals surface area (Å²) in [6.07, 6.45) is 1.29. The molecule has 1 amide bonds. The van der Waals surface area contributed by atoms with Crippen LogP contribution >= 0.6 is 11.6 Å². The molecule has 3 aromatic rings. The maximum absolute atomic E-state index is 14.5. The molecule has 0 aliphatic carbocycles. The van der Waals surface area contributed by atoms with Crippen LogP contribution in [0.15, 0.2) is 77.7 Å². The standard InChI is InChI=1S/C24H24ClFN2O3S/c1-18-12-14-20(15-13-18)32(30,31)28(23-11-5-4-10-22(23)26)17-24(29)27-16-6-8-19-7-2-3-9-21(19)25/h2-5,7,9-15H,6,8,16-17H2,1H3,(H,27,29). The smallest absolute Gasteiger partial charge is 0.264 e. The SMILES string of the molecule is Cc1ccc(S(=O)(=O)N(CC(=O)NCCCc2ccccc2Cl)c2ccccc2F)cc1. The third kappa shape index (κ3) is 5.87. The van der Waals surface area contributed by atoms with Crippen LogP contribution in [-0.2, 0) is 21.2 Å². The minimum atomic E-state index is -4.15. The molecule has 0 saturated heterocycles. The van der Waals surface area contributed by atoms with Crippen LogP contribution in [0.4, 0.5) is 10.1 Å². The van der Waals surface area contributed by atoms with Crippen molar-refractivity contribution in [3.63, 3.8) is 0 Å². The van der Waals surface area contributed by atoms with Crippen molar-refractivity contribution in [2.45, 2.75) is 24.7 Å². The van der Waals surface area contributed by atoms with Gasteiger partial charge in [-0.05, 0) is 55.7 Å². The molecule has 0 fully saturated rings. The minimum Gasteiger partial charge on any atom is -0.355 e. The van der Waals surface area contributed by atoms with Gasteiger partial charge in [-0.15, -0.1) is 0 Å². The first-order valence-corrected chi connectivity index (χ1v) is 11.9. The summed E-state index contributed by atoms with van der Waals surface area (Å²) in [5.74, 6) is -1.25. The highest BCUT2D eigenvalue weighted by Crippen LogP contribution is 2.26. The molecule has 0 heterocycles. The molecule has 0 aromatic heterocycles. The van der Waals surface area contributed by atoms with E-state index in [1.807, 2.05) is 25.1 Å². The van der Waals surface area contributed by atoms with E-state index in [-0.39, 0.29) is 10.6 Å². The molecular weight excluding hydrogens is 451 g/mol. The van der Waals surface area contributed by atoms with Crippen molar-refractivity contribution in [2.75, 3.05) is 17.4 Å².